The molecule has 0 aliphatic heterocycles. The van der Waals surface area contributed by atoms with E-state index in [1.54, 1.807) is 44.4 Å². The second-order valence-corrected chi connectivity index (χ2v) is 7.19. The van der Waals surface area contributed by atoms with Gasteiger partial charge >= 0.3 is 0 Å². The highest BCUT2D eigenvalue weighted by atomic mass is 35.5. The summed E-state index contributed by atoms with van der Waals surface area (Å²) in [6, 6.07) is 14.8. The molecule has 6 heteroatoms. The minimum absolute atomic E-state index is 0. The first-order valence-electron chi connectivity index (χ1n) is 8.63. The average Bonchev–Trinajstić information content (AvgIpc) is 2.67. The predicted octanol–water partition coefficient (Wildman–Crippen LogP) is 6.67. The molecule has 0 amide bonds. The molecule has 2 heterocycles. The molecule has 0 saturated carbocycles. The molecule has 1 atom stereocenters. The SMILES string of the molecule is C.CC(=O)c1ccc2cnc(Cl)cc2c1.C[C@@H](O)c1ccc2cnc(Cl)cc2c1. The van der Waals surface area contributed by atoms with Crippen LogP contribution in [0.3, 0.4) is 0 Å². The van der Waals surface area contributed by atoms with Gasteiger partial charge in [0, 0.05) is 28.7 Å². The standard InChI is InChI=1S/C11H10ClNO.C11H8ClNO.CH4/c2*1-7(14)8-2-3-9-6-13-11(12)5-10(9)4-8;/h2-7,14H,1H3;2-6H,1H3;1H4/t7-;;/m1../s1. The summed E-state index contributed by atoms with van der Waals surface area (Å²) in [5, 5.41) is 14.3. The fraction of sp³-hybridized carbons (Fsp3) is 0.174. The second kappa shape index (κ2) is 9.79. The van der Waals surface area contributed by atoms with Crippen molar-refractivity contribution in [3.05, 3.63) is 82.4 Å². The van der Waals surface area contributed by atoms with E-state index in [0.29, 0.717) is 15.9 Å². The van der Waals surface area contributed by atoms with E-state index in [4.69, 9.17) is 23.2 Å². The first-order valence-corrected chi connectivity index (χ1v) is 9.38. The maximum atomic E-state index is 11.1. The van der Waals surface area contributed by atoms with Gasteiger partial charge in [-0.05, 0) is 54.4 Å². The number of aliphatic hydroxyl groups excluding tert-OH is 1. The fourth-order valence-electron chi connectivity index (χ4n) is 2.73. The lowest BCUT2D eigenvalue weighted by Gasteiger charge is -2.05. The zero-order chi connectivity index (χ0) is 20.3. The Labute approximate surface area is 180 Å². The summed E-state index contributed by atoms with van der Waals surface area (Å²) in [7, 11) is 0. The van der Waals surface area contributed by atoms with Gasteiger partial charge in [0.1, 0.15) is 10.3 Å². The second-order valence-electron chi connectivity index (χ2n) is 6.41. The van der Waals surface area contributed by atoms with Crippen LogP contribution >= 0.6 is 23.2 Å². The minimum Gasteiger partial charge on any atom is -0.389 e. The van der Waals surface area contributed by atoms with Gasteiger partial charge < -0.3 is 5.11 Å². The van der Waals surface area contributed by atoms with E-state index in [0.717, 1.165) is 27.1 Å². The van der Waals surface area contributed by atoms with Crippen molar-refractivity contribution in [2.75, 3.05) is 0 Å². The van der Waals surface area contributed by atoms with Crippen molar-refractivity contribution in [3.63, 3.8) is 0 Å². The molecule has 0 bridgehead atoms. The quantitative estimate of drug-likeness (QED) is 0.286. The third kappa shape index (κ3) is 5.73. The smallest absolute Gasteiger partial charge is 0.159 e. The van der Waals surface area contributed by atoms with E-state index in [2.05, 4.69) is 9.97 Å². The fourth-order valence-corrected chi connectivity index (χ4v) is 3.06. The topological polar surface area (TPSA) is 63.1 Å². The molecule has 0 fully saturated rings. The highest BCUT2D eigenvalue weighted by molar-refractivity contribution is 6.30. The molecule has 4 aromatic rings. The van der Waals surface area contributed by atoms with Crippen LogP contribution in [0.4, 0.5) is 0 Å². The molecule has 4 nitrogen and oxygen atoms in total. The van der Waals surface area contributed by atoms with E-state index >= 15 is 0 Å². The molecular weight excluding hydrogens is 407 g/mol. The predicted molar refractivity (Wildman–Crippen MR) is 121 cm³/mol. The van der Waals surface area contributed by atoms with Gasteiger partial charge in [0.05, 0.1) is 6.10 Å². The summed E-state index contributed by atoms with van der Waals surface area (Å²) >= 11 is 11.5. The molecule has 2 aromatic heterocycles. The number of hydrogen-bond donors (Lipinski definition) is 1. The number of hydrogen-bond acceptors (Lipinski definition) is 4. The molecule has 2 aromatic carbocycles. The van der Waals surface area contributed by atoms with Crippen LogP contribution in [0.25, 0.3) is 21.5 Å². The zero-order valence-electron chi connectivity index (χ0n) is 15.4. The van der Waals surface area contributed by atoms with Gasteiger partial charge in [-0.25, -0.2) is 9.97 Å². The number of aromatic nitrogens is 2. The van der Waals surface area contributed by atoms with Crippen LogP contribution in [0, 0.1) is 0 Å². The number of rotatable bonds is 2. The van der Waals surface area contributed by atoms with Gasteiger partial charge in [0.15, 0.2) is 5.78 Å². The summed E-state index contributed by atoms with van der Waals surface area (Å²) in [4.78, 5) is 19.1. The zero-order valence-corrected chi connectivity index (χ0v) is 16.9. The molecule has 0 aliphatic carbocycles. The van der Waals surface area contributed by atoms with E-state index in [1.807, 2.05) is 30.3 Å². The molecule has 0 spiro atoms. The van der Waals surface area contributed by atoms with E-state index < -0.39 is 6.10 Å². The van der Waals surface area contributed by atoms with Crippen molar-refractivity contribution >= 4 is 50.5 Å². The summed E-state index contributed by atoms with van der Waals surface area (Å²) in [5.41, 5.74) is 1.58. The molecular formula is C23H22Cl2N2O2. The van der Waals surface area contributed by atoms with Gasteiger partial charge in [0.25, 0.3) is 0 Å². The van der Waals surface area contributed by atoms with Crippen LogP contribution < -0.4 is 0 Å². The lowest BCUT2D eigenvalue weighted by atomic mass is 10.1. The van der Waals surface area contributed by atoms with E-state index in [-0.39, 0.29) is 13.2 Å². The summed E-state index contributed by atoms with van der Waals surface area (Å²) in [5.74, 6) is 0.0554. The molecule has 150 valence electrons. The molecule has 1 N–H and O–H groups in total. The first-order chi connectivity index (χ1) is 13.3. The normalized spacial score (nSPS) is 11.3. The van der Waals surface area contributed by atoms with Gasteiger partial charge in [-0.15, -0.1) is 0 Å². The van der Waals surface area contributed by atoms with Crippen LogP contribution in [0.1, 0.15) is 43.3 Å². The monoisotopic (exact) mass is 428 g/mol. The van der Waals surface area contributed by atoms with Crippen LogP contribution in [0.2, 0.25) is 10.3 Å². The van der Waals surface area contributed by atoms with Gasteiger partial charge in [-0.2, -0.15) is 0 Å². The van der Waals surface area contributed by atoms with Crippen molar-refractivity contribution in [1.29, 1.82) is 0 Å². The maximum Gasteiger partial charge on any atom is 0.159 e. The Morgan fingerprint density at radius 1 is 0.862 bits per heavy atom. The Kier molecular flexibility index (Phi) is 7.68. The minimum atomic E-state index is -0.452. The van der Waals surface area contributed by atoms with E-state index in [9.17, 15) is 9.90 Å². The van der Waals surface area contributed by atoms with Crippen molar-refractivity contribution in [2.45, 2.75) is 27.4 Å². The lowest BCUT2D eigenvalue weighted by molar-refractivity contribution is 0.101. The van der Waals surface area contributed by atoms with Crippen molar-refractivity contribution in [3.8, 4) is 0 Å². The molecule has 0 unspecified atom stereocenters. The maximum absolute atomic E-state index is 11.1. The van der Waals surface area contributed by atoms with Crippen molar-refractivity contribution in [1.82, 2.24) is 9.97 Å². The lowest BCUT2D eigenvalue weighted by Crippen LogP contribution is -1.91. The van der Waals surface area contributed by atoms with Crippen LogP contribution in [-0.2, 0) is 0 Å². The van der Waals surface area contributed by atoms with Gasteiger partial charge in [-0.3, -0.25) is 4.79 Å². The molecule has 0 aliphatic rings. The van der Waals surface area contributed by atoms with Crippen LogP contribution in [-0.4, -0.2) is 20.9 Å². The number of carbonyl (C=O) groups excluding carboxylic acids is 1. The number of aliphatic hydroxyl groups is 1. The highest BCUT2D eigenvalue weighted by Crippen LogP contribution is 2.21. The molecule has 0 saturated heterocycles. The van der Waals surface area contributed by atoms with Gasteiger partial charge in [0.2, 0.25) is 0 Å². The Balaban J connectivity index is 0.000000200. The Hall–Kier alpha value is -2.53. The Bertz CT molecular complexity index is 1160. The highest BCUT2D eigenvalue weighted by Gasteiger charge is 2.03. The van der Waals surface area contributed by atoms with Crippen LogP contribution in [0.5, 0.6) is 0 Å². The number of ketones is 1. The average molecular weight is 429 g/mol. The number of nitrogens with zero attached hydrogens (tertiary/aromatic N) is 2. The number of carbonyl (C=O) groups is 1. The Morgan fingerprint density at radius 2 is 1.38 bits per heavy atom. The van der Waals surface area contributed by atoms with Crippen LogP contribution in [0.15, 0.2) is 60.9 Å². The number of Topliss-reactive ketones (excluding diaryl/α,β-unsaturated/α-hetero) is 1. The number of benzene rings is 2. The number of pyridine rings is 2. The molecule has 0 radical (unpaired) electrons. The third-order valence-corrected chi connectivity index (χ3v) is 4.70. The van der Waals surface area contributed by atoms with Crippen molar-refractivity contribution < 1.29 is 9.90 Å². The third-order valence-electron chi connectivity index (χ3n) is 4.29. The van der Waals surface area contributed by atoms with Crippen molar-refractivity contribution in [2.24, 2.45) is 0 Å². The molecule has 4 rings (SSSR count). The summed E-state index contributed by atoms with van der Waals surface area (Å²) in [6.45, 7) is 3.29. The number of fused-ring (bicyclic) bond motifs is 2. The number of halogens is 2. The van der Waals surface area contributed by atoms with E-state index in [1.165, 1.54) is 0 Å². The first kappa shape index (κ1) is 22.8. The molecule has 29 heavy (non-hydrogen) atoms. The Morgan fingerprint density at radius 3 is 1.90 bits per heavy atom. The summed E-state index contributed by atoms with van der Waals surface area (Å²) in [6.07, 6.45) is 2.97. The summed E-state index contributed by atoms with van der Waals surface area (Å²) < 4.78 is 0. The van der Waals surface area contributed by atoms with Gasteiger partial charge in [-0.1, -0.05) is 54.9 Å². The largest absolute Gasteiger partial charge is 0.389 e.